The summed E-state index contributed by atoms with van der Waals surface area (Å²) >= 11 is 0. The lowest BCUT2D eigenvalue weighted by Crippen LogP contribution is -2.44. The molecule has 2 amide bonds. The van der Waals surface area contributed by atoms with Crippen molar-refractivity contribution >= 4 is 23.5 Å². The van der Waals surface area contributed by atoms with E-state index in [4.69, 9.17) is 14.9 Å². The molecule has 0 aromatic rings. The first-order valence-electron chi connectivity index (χ1n) is 9.20. The first kappa shape index (κ1) is 23.0. The molecule has 7 heteroatoms. The molecule has 1 saturated heterocycles. The summed E-state index contributed by atoms with van der Waals surface area (Å²) in [5.41, 5.74) is -0.795. The van der Waals surface area contributed by atoms with Gasteiger partial charge in [0.2, 0.25) is 11.8 Å². The lowest BCUT2D eigenvalue weighted by Gasteiger charge is -2.33. The van der Waals surface area contributed by atoms with Crippen LogP contribution in [0.25, 0.3) is 0 Å². The van der Waals surface area contributed by atoms with Crippen LogP contribution >= 0.6 is 0 Å². The van der Waals surface area contributed by atoms with E-state index in [1.807, 2.05) is 0 Å². The Labute approximate surface area is 161 Å². The molecule has 0 aliphatic carbocycles. The fourth-order valence-corrected chi connectivity index (χ4v) is 2.80. The summed E-state index contributed by atoms with van der Waals surface area (Å²) in [4.78, 5) is 35.9. The first-order chi connectivity index (χ1) is 12.4. The lowest BCUT2D eigenvalue weighted by molar-refractivity contribution is -0.142. The van der Waals surface area contributed by atoms with E-state index in [0.29, 0.717) is 13.2 Å². The van der Waals surface area contributed by atoms with Crippen LogP contribution in [0.5, 0.6) is 0 Å². The molecule has 0 bridgehead atoms. The number of carbonyl (C=O) groups excluding carboxylic acids is 3. The van der Waals surface area contributed by atoms with Crippen LogP contribution in [0.2, 0.25) is 0 Å². The number of carbonyl (C=O) groups is 3. The highest BCUT2D eigenvalue weighted by Crippen LogP contribution is 2.35. The Kier molecular flexibility index (Phi) is 7.90. The molecule has 1 rings (SSSR count). The molecule has 0 unspecified atom stereocenters. The van der Waals surface area contributed by atoms with E-state index in [2.05, 4.69) is 11.9 Å². The molecule has 1 aliphatic heterocycles. The minimum absolute atomic E-state index is 0.00838. The molecule has 0 aromatic heterocycles. The van der Waals surface area contributed by atoms with Crippen molar-refractivity contribution in [3.63, 3.8) is 0 Å². The van der Waals surface area contributed by atoms with Crippen molar-refractivity contribution < 1.29 is 23.9 Å². The molecule has 0 saturated carbocycles. The van der Waals surface area contributed by atoms with E-state index in [1.54, 1.807) is 27.7 Å². The van der Waals surface area contributed by atoms with Gasteiger partial charge >= 0.3 is 5.97 Å². The quantitative estimate of drug-likeness (QED) is 0.382. The highest BCUT2D eigenvalue weighted by molar-refractivity contribution is 6.08. The number of esters is 1. The van der Waals surface area contributed by atoms with E-state index >= 15 is 0 Å². The number of imide groups is 1. The van der Waals surface area contributed by atoms with Gasteiger partial charge in [-0.05, 0) is 32.6 Å². The maximum Gasteiger partial charge on any atom is 0.302 e. The summed E-state index contributed by atoms with van der Waals surface area (Å²) in [5, 5.41) is 10.5. The zero-order valence-electron chi connectivity index (χ0n) is 17.1. The van der Waals surface area contributed by atoms with Gasteiger partial charge in [0.1, 0.15) is 6.61 Å². The van der Waals surface area contributed by atoms with Gasteiger partial charge in [-0.2, -0.15) is 0 Å². The van der Waals surface area contributed by atoms with Crippen LogP contribution in [0.3, 0.4) is 0 Å². The lowest BCUT2D eigenvalue weighted by atomic mass is 9.74. The maximum absolute atomic E-state index is 12.6. The van der Waals surface area contributed by atoms with Gasteiger partial charge in [-0.15, -0.1) is 0 Å². The highest BCUT2D eigenvalue weighted by Gasteiger charge is 2.36. The third-order valence-corrected chi connectivity index (χ3v) is 5.13. The Morgan fingerprint density at radius 2 is 1.74 bits per heavy atom. The van der Waals surface area contributed by atoms with Gasteiger partial charge in [0.25, 0.3) is 0 Å². The molecular formula is C20H32N2O5. The Bertz CT molecular complexity index is 616. The smallest absolute Gasteiger partial charge is 0.302 e. The second-order valence-electron chi connectivity index (χ2n) is 8.23. The van der Waals surface area contributed by atoms with Crippen molar-refractivity contribution in [2.45, 2.75) is 53.9 Å². The second kappa shape index (κ2) is 9.26. The van der Waals surface area contributed by atoms with Gasteiger partial charge in [0, 0.05) is 31.3 Å². The largest absolute Gasteiger partial charge is 0.465 e. The monoisotopic (exact) mass is 380 g/mol. The van der Waals surface area contributed by atoms with Crippen LogP contribution in [0.4, 0.5) is 0 Å². The van der Waals surface area contributed by atoms with E-state index in [0.717, 1.165) is 18.4 Å². The van der Waals surface area contributed by atoms with Gasteiger partial charge in [-0.1, -0.05) is 26.0 Å². The fraction of sp³-hybridized carbons (Fsp3) is 0.700. The van der Waals surface area contributed by atoms with Crippen LogP contribution in [0, 0.1) is 22.2 Å². The van der Waals surface area contributed by atoms with Gasteiger partial charge in [0.05, 0.1) is 11.8 Å². The summed E-state index contributed by atoms with van der Waals surface area (Å²) in [5.74, 6) is -1.22. The van der Waals surface area contributed by atoms with Crippen LogP contribution in [0.1, 0.15) is 53.9 Å². The third kappa shape index (κ3) is 6.57. The average Bonchev–Trinajstić information content (AvgIpc) is 2.59. The predicted molar refractivity (Wildman–Crippen MR) is 102 cm³/mol. The van der Waals surface area contributed by atoms with Crippen molar-refractivity contribution in [2.24, 2.45) is 16.7 Å². The van der Waals surface area contributed by atoms with Crippen molar-refractivity contribution in [1.82, 2.24) is 5.32 Å². The summed E-state index contributed by atoms with van der Waals surface area (Å²) in [6, 6.07) is 0. The predicted octanol–water partition coefficient (Wildman–Crippen LogP) is 2.64. The van der Waals surface area contributed by atoms with E-state index in [1.165, 1.54) is 6.92 Å². The summed E-state index contributed by atoms with van der Waals surface area (Å²) in [6.45, 7) is 13.6. The minimum Gasteiger partial charge on any atom is -0.465 e. The van der Waals surface area contributed by atoms with Crippen LogP contribution in [-0.4, -0.2) is 43.3 Å². The molecule has 0 atom stereocenters. The topological polar surface area (TPSA) is 106 Å². The number of rotatable bonds is 8. The normalized spacial score (nSPS) is 15.7. The third-order valence-electron chi connectivity index (χ3n) is 5.13. The summed E-state index contributed by atoms with van der Waals surface area (Å²) < 4.78 is 10.3. The molecule has 0 radical (unpaired) electrons. The molecule has 0 spiro atoms. The van der Waals surface area contributed by atoms with Crippen molar-refractivity contribution in [3.05, 3.63) is 12.2 Å². The molecule has 0 aromatic carbocycles. The van der Waals surface area contributed by atoms with Gasteiger partial charge in [-0.3, -0.25) is 19.7 Å². The molecule has 152 valence electrons. The number of hydrogen-bond acceptors (Lipinski definition) is 6. The van der Waals surface area contributed by atoms with E-state index < -0.39 is 28.6 Å². The van der Waals surface area contributed by atoms with Crippen LogP contribution in [0.15, 0.2) is 12.2 Å². The Morgan fingerprint density at radius 1 is 1.19 bits per heavy atom. The van der Waals surface area contributed by atoms with Crippen LogP contribution < -0.4 is 5.32 Å². The van der Waals surface area contributed by atoms with Crippen molar-refractivity contribution in [1.29, 1.82) is 5.41 Å². The number of hydrogen-bond donors (Lipinski definition) is 2. The molecule has 1 aliphatic rings. The van der Waals surface area contributed by atoms with E-state index in [9.17, 15) is 14.4 Å². The average molecular weight is 380 g/mol. The van der Waals surface area contributed by atoms with Crippen molar-refractivity contribution in [3.8, 4) is 0 Å². The molecular weight excluding hydrogens is 348 g/mol. The summed E-state index contributed by atoms with van der Waals surface area (Å²) in [7, 11) is 0. The number of amides is 2. The Hall–Kier alpha value is -2.02. The summed E-state index contributed by atoms with van der Waals surface area (Å²) in [6.07, 6.45) is 1.40. The Morgan fingerprint density at radius 3 is 2.26 bits per heavy atom. The zero-order chi connectivity index (χ0) is 20.8. The SMILES string of the molecule is C=C(C1CCOCC1)C(C)(C)C(=O)NC(=O)CC(=N)C(C)(C)COC(C)=O. The van der Waals surface area contributed by atoms with Crippen molar-refractivity contribution in [2.75, 3.05) is 19.8 Å². The van der Waals surface area contributed by atoms with Crippen LogP contribution in [-0.2, 0) is 23.9 Å². The number of nitrogens with one attached hydrogen (secondary N) is 2. The fourth-order valence-electron chi connectivity index (χ4n) is 2.80. The minimum atomic E-state index is -0.896. The molecule has 1 heterocycles. The Balaban J connectivity index is 2.64. The maximum atomic E-state index is 12.6. The molecule has 1 fully saturated rings. The van der Waals surface area contributed by atoms with Gasteiger partial charge < -0.3 is 14.9 Å². The van der Waals surface area contributed by atoms with E-state index in [-0.39, 0.29) is 24.7 Å². The number of ether oxygens (including phenoxy) is 2. The highest BCUT2D eigenvalue weighted by atomic mass is 16.5. The molecule has 7 nitrogen and oxygen atoms in total. The van der Waals surface area contributed by atoms with Gasteiger partial charge in [-0.25, -0.2) is 0 Å². The molecule has 27 heavy (non-hydrogen) atoms. The zero-order valence-corrected chi connectivity index (χ0v) is 17.1. The second-order valence-corrected chi connectivity index (χ2v) is 8.23. The van der Waals surface area contributed by atoms with Gasteiger partial charge in [0.15, 0.2) is 0 Å². The first-order valence-corrected chi connectivity index (χ1v) is 9.20. The molecule has 2 N–H and O–H groups in total. The standard InChI is InChI=1S/C20H32N2O5/c1-13(15-7-9-26-10-8-15)20(5,6)18(25)22-17(24)11-16(21)19(3,4)12-27-14(2)23/h15,21H,1,7-12H2,2-6H3,(H,22,24,25).